The van der Waals surface area contributed by atoms with Crippen LogP contribution in [-0.4, -0.2) is 28.5 Å². The van der Waals surface area contributed by atoms with Gasteiger partial charge in [0, 0.05) is 16.7 Å². The average Bonchev–Trinajstić information content (AvgIpc) is 3.26. The number of nitrogens with one attached hydrogen (secondary N) is 1. The molecule has 2 heterocycles. The second kappa shape index (κ2) is 9.32. The molecule has 0 spiro atoms. The highest BCUT2D eigenvalue weighted by Gasteiger charge is 2.66. The van der Waals surface area contributed by atoms with Crippen LogP contribution in [0.1, 0.15) is 28.1 Å². The first-order chi connectivity index (χ1) is 15.0. The lowest BCUT2D eigenvalue weighted by atomic mass is 9.70. The van der Waals surface area contributed by atoms with Crippen molar-refractivity contribution in [3.8, 4) is 6.07 Å². The van der Waals surface area contributed by atoms with E-state index in [1.807, 2.05) is 6.07 Å². The van der Waals surface area contributed by atoms with Crippen LogP contribution < -0.4 is 5.32 Å². The summed E-state index contributed by atoms with van der Waals surface area (Å²) >= 11 is 8.18. The van der Waals surface area contributed by atoms with Crippen LogP contribution in [0.2, 0.25) is 5.02 Å². The Labute approximate surface area is 196 Å². The molecule has 0 saturated carbocycles. The van der Waals surface area contributed by atoms with Gasteiger partial charge in [0.1, 0.15) is 0 Å². The van der Waals surface area contributed by atoms with Crippen molar-refractivity contribution in [1.29, 1.82) is 5.26 Å². The van der Waals surface area contributed by atoms with Crippen LogP contribution in [0.5, 0.6) is 0 Å². The van der Waals surface area contributed by atoms with Crippen LogP contribution in [0.3, 0.4) is 0 Å². The van der Waals surface area contributed by atoms with Gasteiger partial charge in [0.05, 0.1) is 27.5 Å². The third-order valence-electron chi connectivity index (χ3n) is 4.95. The fraction of sp³-hybridized carbons (Fsp3) is 0.273. The number of hydrogen-bond acceptors (Lipinski definition) is 6. The SMILES string of the molecule is C=C(C)CSC1=C(C#N)[C@H](c2ccccc2Cl)[C@H](C(=O)c2cccs2)[C@](O)(C(F)(F)F)N1. The molecule has 1 aromatic heterocycles. The molecule has 168 valence electrons. The minimum Gasteiger partial charge on any atom is -0.363 e. The monoisotopic (exact) mass is 498 g/mol. The molecule has 4 nitrogen and oxygen atoms in total. The number of thioether (sulfide) groups is 1. The molecule has 1 aliphatic heterocycles. The summed E-state index contributed by atoms with van der Waals surface area (Å²) in [5, 5.41) is 24.5. The zero-order valence-electron chi connectivity index (χ0n) is 16.7. The van der Waals surface area contributed by atoms with Gasteiger partial charge in [0.25, 0.3) is 0 Å². The van der Waals surface area contributed by atoms with Gasteiger partial charge in [-0.3, -0.25) is 4.79 Å². The Morgan fingerprint density at radius 2 is 2.06 bits per heavy atom. The highest BCUT2D eigenvalue weighted by molar-refractivity contribution is 8.03. The lowest BCUT2D eigenvalue weighted by molar-refractivity contribution is -0.285. The number of carbonyl (C=O) groups excluding carboxylic acids is 1. The van der Waals surface area contributed by atoms with Crippen LogP contribution >= 0.6 is 34.7 Å². The molecule has 1 aliphatic rings. The Balaban J connectivity index is 2.33. The van der Waals surface area contributed by atoms with E-state index in [1.54, 1.807) is 24.4 Å². The maximum absolute atomic E-state index is 14.3. The van der Waals surface area contributed by atoms with Gasteiger partial charge in [-0.25, -0.2) is 0 Å². The Hall–Kier alpha value is -2.25. The molecule has 1 aromatic carbocycles. The van der Waals surface area contributed by atoms with Crippen LogP contribution in [0, 0.1) is 17.2 Å². The van der Waals surface area contributed by atoms with Crippen molar-refractivity contribution >= 4 is 40.5 Å². The number of hydrogen-bond donors (Lipinski definition) is 2. The van der Waals surface area contributed by atoms with Crippen molar-refractivity contribution in [2.45, 2.75) is 24.7 Å². The summed E-state index contributed by atoms with van der Waals surface area (Å²) in [6, 6.07) is 10.9. The van der Waals surface area contributed by atoms with Crippen molar-refractivity contribution in [3.05, 3.63) is 80.0 Å². The van der Waals surface area contributed by atoms with E-state index >= 15 is 0 Å². The minimum absolute atomic E-state index is 0.0341. The molecule has 0 unspecified atom stereocenters. The number of Topliss-reactive ketones (excluding diaryl/α,β-unsaturated/α-hetero) is 1. The molecular weight excluding hydrogens is 481 g/mol. The van der Waals surface area contributed by atoms with Crippen LogP contribution in [0.15, 0.2) is 64.5 Å². The van der Waals surface area contributed by atoms with Gasteiger partial charge in [-0.2, -0.15) is 18.4 Å². The highest BCUT2D eigenvalue weighted by Crippen LogP contribution is 2.52. The zero-order valence-corrected chi connectivity index (χ0v) is 19.1. The normalized spacial score (nSPS) is 23.4. The van der Waals surface area contributed by atoms with E-state index in [0.717, 1.165) is 23.1 Å². The number of carbonyl (C=O) groups is 1. The molecule has 0 bridgehead atoms. The molecule has 2 N–H and O–H groups in total. The number of rotatable bonds is 6. The van der Waals surface area contributed by atoms with Gasteiger partial charge in [-0.1, -0.05) is 48.0 Å². The van der Waals surface area contributed by atoms with Crippen LogP contribution in [0.4, 0.5) is 13.2 Å². The predicted molar refractivity (Wildman–Crippen MR) is 120 cm³/mol. The second-order valence-electron chi connectivity index (χ2n) is 7.31. The Morgan fingerprint density at radius 3 is 2.59 bits per heavy atom. The molecule has 0 aliphatic carbocycles. The average molecular weight is 499 g/mol. The second-order valence-corrected chi connectivity index (χ2v) is 9.65. The molecular formula is C22H18ClF3N2O2S2. The van der Waals surface area contributed by atoms with Crippen molar-refractivity contribution in [2.24, 2.45) is 5.92 Å². The van der Waals surface area contributed by atoms with Gasteiger partial charge in [-0.05, 0) is 30.0 Å². The largest absolute Gasteiger partial charge is 0.437 e. The van der Waals surface area contributed by atoms with Crippen molar-refractivity contribution < 1.29 is 23.1 Å². The number of thiophene rings is 1. The molecule has 0 saturated heterocycles. The van der Waals surface area contributed by atoms with Crippen molar-refractivity contribution in [3.63, 3.8) is 0 Å². The number of nitriles is 1. The standard InChI is InChI=1S/C22H18ClF3N2O2S2/c1-12(2)11-32-20-14(10-27)17(13-6-3-4-7-15(13)23)18(19(29)16-8-5-9-31-16)21(30,28-20)22(24,25)26/h3-9,17-18,28,30H,1,11H2,2H3/t17-,18+,21-/m0/s1. The van der Waals surface area contributed by atoms with E-state index in [1.165, 1.54) is 24.3 Å². The fourth-order valence-electron chi connectivity index (χ4n) is 3.52. The maximum atomic E-state index is 14.3. The number of ketones is 1. The smallest absolute Gasteiger partial charge is 0.363 e. The number of benzene rings is 1. The van der Waals surface area contributed by atoms with E-state index in [0.29, 0.717) is 5.57 Å². The highest BCUT2D eigenvalue weighted by atomic mass is 35.5. The summed E-state index contributed by atoms with van der Waals surface area (Å²) in [6.45, 7) is 5.42. The van der Waals surface area contributed by atoms with E-state index in [9.17, 15) is 28.3 Å². The zero-order chi connectivity index (χ0) is 23.7. The van der Waals surface area contributed by atoms with Crippen molar-refractivity contribution in [1.82, 2.24) is 5.32 Å². The van der Waals surface area contributed by atoms with E-state index in [-0.39, 0.29) is 31.8 Å². The summed E-state index contributed by atoms with van der Waals surface area (Å²) in [7, 11) is 0. The first-order valence-corrected chi connectivity index (χ1v) is 11.6. The summed E-state index contributed by atoms with van der Waals surface area (Å²) in [5.41, 5.74) is -2.93. The first kappa shape index (κ1) is 24.4. The molecule has 0 radical (unpaired) electrons. The summed E-state index contributed by atoms with van der Waals surface area (Å²) in [5.74, 6) is -4.23. The Morgan fingerprint density at radius 1 is 1.38 bits per heavy atom. The number of aliphatic hydroxyl groups is 1. The van der Waals surface area contributed by atoms with Gasteiger partial charge in [0.2, 0.25) is 5.72 Å². The van der Waals surface area contributed by atoms with Crippen LogP contribution in [-0.2, 0) is 0 Å². The summed E-state index contributed by atoms with van der Waals surface area (Å²) < 4.78 is 43.0. The number of alkyl halides is 3. The van der Waals surface area contributed by atoms with Gasteiger partial charge in [0.15, 0.2) is 5.78 Å². The van der Waals surface area contributed by atoms with Gasteiger partial charge in [-0.15, -0.1) is 23.1 Å². The molecule has 0 fully saturated rings. The third-order valence-corrected chi connectivity index (χ3v) is 7.42. The molecule has 2 aromatic rings. The Bertz CT molecular complexity index is 1110. The van der Waals surface area contributed by atoms with E-state index in [2.05, 4.69) is 11.9 Å². The lowest BCUT2D eigenvalue weighted by Crippen LogP contribution is -2.66. The summed E-state index contributed by atoms with van der Waals surface area (Å²) in [4.78, 5) is 13.4. The molecule has 3 rings (SSSR count). The topological polar surface area (TPSA) is 73.1 Å². The van der Waals surface area contributed by atoms with Crippen molar-refractivity contribution in [2.75, 3.05) is 5.75 Å². The maximum Gasteiger partial charge on any atom is 0.437 e. The quantitative estimate of drug-likeness (QED) is 0.384. The van der Waals surface area contributed by atoms with Crippen LogP contribution in [0.25, 0.3) is 0 Å². The van der Waals surface area contributed by atoms with E-state index < -0.39 is 29.5 Å². The lowest BCUT2D eigenvalue weighted by Gasteiger charge is -2.45. The molecule has 32 heavy (non-hydrogen) atoms. The van der Waals surface area contributed by atoms with E-state index in [4.69, 9.17) is 11.6 Å². The Kier molecular flexibility index (Phi) is 7.10. The fourth-order valence-corrected chi connectivity index (χ4v) is 5.42. The molecule has 3 atom stereocenters. The van der Waals surface area contributed by atoms with Gasteiger partial charge < -0.3 is 10.4 Å². The number of halogens is 4. The number of allylic oxidation sites excluding steroid dienone is 1. The summed E-state index contributed by atoms with van der Waals surface area (Å²) in [6.07, 6.45) is -5.24. The first-order valence-electron chi connectivity index (χ1n) is 9.32. The molecule has 10 heteroatoms. The predicted octanol–water partition coefficient (Wildman–Crippen LogP) is 5.88. The minimum atomic E-state index is -5.24. The van der Waals surface area contributed by atoms with Gasteiger partial charge >= 0.3 is 6.18 Å². The third kappa shape index (κ3) is 4.46. The number of nitrogens with zero attached hydrogens (tertiary/aromatic N) is 1. The molecule has 0 amide bonds.